The number of benzene rings is 1. The highest BCUT2D eigenvalue weighted by Gasteiger charge is 2.19. The van der Waals surface area contributed by atoms with E-state index in [1.165, 1.54) is 11.1 Å². The van der Waals surface area contributed by atoms with E-state index in [-0.39, 0.29) is 11.5 Å². The largest absolute Gasteiger partial charge is 0.327 e. The summed E-state index contributed by atoms with van der Waals surface area (Å²) in [5, 5.41) is 0. The van der Waals surface area contributed by atoms with Gasteiger partial charge in [0.05, 0.1) is 0 Å². The van der Waals surface area contributed by atoms with Crippen molar-refractivity contribution in [2.24, 2.45) is 11.1 Å². The van der Waals surface area contributed by atoms with E-state index in [1.54, 1.807) is 0 Å². The van der Waals surface area contributed by atoms with E-state index in [0.29, 0.717) is 0 Å². The van der Waals surface area contributed by atoms with Gasteiger partial charge in [0, 0.05) is 6.04 Å². The minimum atomic E-state index is 0.211. The number of nitrogens with two attached hydrogens (primary N) is 1. The fourth-order valence-corrected chi connectivity index (χ4v) is 1.76. The van der Waals surface area contributed by atoms with Gasteiger partial charge in [-0.2, -0.15) is 0 Å². The first-order chi connectivity index (χ1) is 7.43. The molecule has 1 unspecified atom stereocenters. The molecule has 2 N–H and O–H groups in total. The normalized spacial score (nSPS) is 13.8. The van der Waals surface area contributed by atoms with Crippen molar-refractivity contribution in [3.8, 4) is 0 Å². The molecule has 0 aliphatic carbocycles. The van der Waals surface area contributed by atoms with Gasteiger partial charge in [-0.25, -0.2) is 0 Å². The predicted octanol–water partition coefficient (Wildman–Crippen LogP) is 3.56. The lowest BCUT2D eigenvalue weighted by Gasteiger charge is -2.27. The lowest BCUT2D eigenvalue weighted by atomic mass is 9.84. The van der Waals surface area contributed by atoms with Gasteiger partial charge in [0.1, 0.15) is 0 Å². The molecule has 1 aromatic rings. The lowest BCUT2D eigenvalue weighted by molar-refractivity contribution is 0.306. The topological polar surface area (TPSA) is 26.0 Å². The molecular weight excluding hydrogens is 194 g/mol. The molecule has 90 valence electrons. The molecule has 1 nitrogen and oxygen atoms in total. The van der Waals surface area contributed by atoms with Gasteiger partial charge >= 0.3 is 0 Å². The van der Waals surface area contributed by atoms with Gasteiger partial charge in [-0.05, 0) is 35.8 Å². The van der Waals surface area contributed by atoms with Crippen LogP contribution in [0.15, 0.2) is 24.3 Å². The fraction of sp³-hybridized carbons (Fsp3) is 0.600. The molecule has 0 heterocycles. The van der Waals surface area contributed by atoms with E-state index in [2.05, 4.69) is 52.0 Å². The van der Waals surface area contributed by atoms with Crippen molar-refractivity contribution < 1.29 is 0 Å². The quantitative estimate of drug-likeness (QED) is 0.823. The van der Waals surface area contributed by atoms with Crippen molar-refractivity contribution in [3.05, 3.63) is 35.4 Å². The summed E-state index contributed by atoms with van der Waals surface area (Å²) >= 11 is 0. The van der Waals surface area contributed by atoms with Crippen LogP contribution >= 0.6 is 0 Å². The summed E-state index contributed by atoms with van der Waals surface area (Å²) in [6.45, 7) is 8.82. The van der Waals surface area contributed by atoms with Crippen LogP contribution in [-0.4, -0.2) is 6.04 Å². The van der Waals surface area contributed by atoms with Crippen LogP contribution in [0.4, 0.5) is 0 Å². The molecule has 16 heavy (non-hydrogen) atoms. The average Bonchev–Trinajstić information content (AvgIpc) is 2.25. The minimum Gasteiger partial charge on any atom is -0.327 e. The van der Waals surface area contributed by atoms with Gasteiger partial charge in [-0.3, -0.25) is 0 Å². The lowest BCUT2D eigenvalue weighted by Crippen LogP contribution is -2.35. The van der Waals surface area contributed by atoms with Crippen molar-refractivity contribution in [2.45, 2.75) is 53.0 Å². The third-order valence-electron chi connectivity index (χ3n) is 3.26. The summed E-state index contributed by atoms with van der Waals surface area (Å²) in [6.07, 6.45) is 3.27. The van der Waals surface area contributed by atoms with Crippen molar-refractivity contribution >= 4 is 0 Å². The fourth-order valence-electron chi connectivity index (χ4n) is 1.76. The zero-order chi connectivity index (χ0) is 12.2. The van der Waals surface area contributed by atoms with Crippen LogP contribution < -0.4 is 5.73 Å². The summed E-state index contributed by atoms with van der Waals surface area (Å²) in [4.78, 5) is 0. The summed E-state index contributed by atoms with van der Waals surface area (Å²) in [5.41, 5.74) is 9.21. The molecule has 0 bridgehead atoms. The standard InChI is InChI=1S/C15H25N/c1-5-12-7-6-8-13(11-12)9-10-14(16)15(2,3)4/h6-8,11,14H,5,9-10,16H2,1-4H3. The minimum absolute atomic E-state index is 0.211. The highest BCUT2D eigenvalue weighted by atomic mass is 14.7. The van der Waals surface area contributed by atoms with Crippen LogP contribution in [0, 0.1) is 5.41 Å². The van der Waals surface area contributed by atoms with Gasteiger partial charge in [0.25, 0.3) is 0 Å². The SMILES string of the molecule is CCc1cccc(CCC(N)C(C)(C)C)c1. The predicted molar refractivity (Wildman–Crippen MR) is 71.6 cm³/mol. The van der Waals surface area contributed by atoms with Crippen LogP contribution in [0.3, 0.4) is 0 Å². The molecule has 0 spiro atoms. The molecular formula is C15H25N. The van der Waals surface area contributed by atoms with E-state index in [9.17, 15) is 0 Å². The summed E-state index contributed by atoms with van der Waals surface area (Å²) < 4.78 is 0. The zero-order valence-corrected chi connectivity index (χ0v) is 11.1. The van der Waals surface area contributed by atoms with Crippen LogP contribution in [-0.2, 0) is 12.8 Å². The van der Waals surface area contributed by atoms with E-state index in [0.717, 1.165) is 19.3 Å². The van der Waals surface area contributed by atoms with Crippen LogP contribution in [0.5, 0.6) is 0 Å². The summed E-state index contributed by atoms with van der Waals surface area (Å²) in [6, 6.07) is 9.12. The molecule has 0 saturated heterocycles. The van der Waals surface area contributed by atoms with E-state index in [4.69, 9.17) is 5.73 Å². The molecule has 0 aliphatic heterocycles. The van der Waals surface area contributed by atoms with Gasteiger partial charge in [-0.1, -0.05) is 52.0 Å². The smallest absolute Gasteiger partial charge is 0.00908 e. The van der Waals surface area contributed by atoms with Gasteiger partial charge < -0.3 is 5.73 Å². The summed E-state index contributed by atoms with van der Waals surface area (Å²) in [7, 11) is 0. The van der Waals surface area contributed by atoms with E-state index in [1.807, 2.05) is 0 Å². The first-order valence-electron chi connectivity index (χ1n) is 6.27. The average molecular weight is 219 g/mol. The third kappa shape index (κ3) is 3.97. The first kappa shape index (κ1) is 13.2. The molecule has 0 fully saturated rings. The Bertz CT molecular complexity index is 322. The Morgan fingerprint density at radius 2 is 1.81 bits per heavy atom. The van der Waals surface area contributed by atoms with Gasteiger partial charge in [-0.15, -0.1) is 0 Å². The Morgan fingerprint density at radius 1 is 1.19 bits per heavy atom. The van der Waals surface area contributed by atoms with Crippen LogP contribution in [0.25, 0.3) is 0 Å². The van der Waals surface area contributed by atoms with Gasteiger partial charge in [0.2, 0.25) is 0 Å². The maximum Gasteiger partial charge on any atom is 0.00908 e. The highest BCUT2D eigenvalue weighted by molar-refractivity contribution is 5.23. The second kappa shape index (κ2) is 5.49. The molecule has 1 rings (SSSR count). The molecule has 0 saturated carbocycles. The van der Waals surface area contributed by atoms with Crippen LogP contribution in [0.1, 0.15) is 45.2 Å². The Labute approximate surface area is 100 Å². The Balaban J connectivity index is 2.54. The van der Waals surface area contributed by atoms with Crippen molar-refractivity contribution in [1.82, 2.24) is 0 Å². The Kier molecular flexibility index (Phi) is 4.55. The third-order valence-corrected chi connectivity index (χ3v) is 3.26. The Hall–Kier alpha value is -0.820. The monoisotopic (exact) mass is 219 g/mol. The second-order valence-electron chi connectivity index (χ2n) is 5.68. The molecule has 0 radical (unpaired) electrons. The first-order valence-corrected chi connectivity index (χ1v) is 6.27. The number of hydrogen-bond donors (Lipinski definition) is 1. The van der Waals surface area contributed by atoms with E-state index < -0.39 is 0 Å². The molecule has 0 aliphatic rings. The number of hydrogen-bond acceptors (Lipinski definition) is 1. The number of rotatable bonds is 4. The maximum absolute atomic E-state index is 6.17. The Morgan fingerprint density at radius 3 is 2.38 bits per heavy atom. The molecule has 0 aromatic heterocycles. The van der Waals surface area contributed by atoms with Crippen molar-refractivity contribution in [3.63, 3.8) is 0 Å². The highest BCUT2D eigenvalue weighted by Crippen LogP contribution is 2.21. The van der Waals surface area contributed by atoms with Gasteiger partial charge in [0.15, 0.2) is 0 Å². The van der Waals surface area contributed by atoms with Crippen LogP contribution in [0.2, 0.25) is 0 Å². The summed E-state index contributed by atoms with van der Waals surface area (Å²) in [5.74, 6) is 0. The van der Waals surface area contributed by atoms with Crippen molar-refractivity contribution in [2.75, 3.05) is 0 Å². The molecule has 0 amide bonds. The van der Waals surface area contributed by atoms with Crippen molar-refractivity contribution in [1.29, 1.82) is 0 Å². The second-order valence-corrected chi connectivity index (χ2v) is 5.68. The molecule has 1 heteroatoms. The zero-order valence-electron chi connectivity index (χ0n) is 11.1. The maximum atomic E-state index is 6.17. The number of aryl methyl sites for hydroxylation is 2. The molecule has 1 atom stereocenters. The van der Waals surface area contributed by atoms with E-state index >= 15 is 0 Å². The molecule has 1 aromatic carbocycles.